The van der Waals surface area contributed by atoms with Crippen molar-refractivity contribution >= 4 is 0 Å². The zero-order valence-corrected chi connectivity index (χ0v) is 7.40. The van der Waals surface area contributed by atoms with Crippen molar-refractivity contribution in [2.24, 2.45) is 5.92 Å². The molecule has 1 aromatic rings. The minimum absolute atomic E-state index is 0.307. The number of terminal acetylenes is 1. The zero-order chi connectivity index (χ0) is 9.26. The van der Waals surface area contributed by atoms with Crippen molar-refractivity contribution in [3.8, 4) is 12.3 Å². The number of aliphatic hydroxyl groups is 1. The fourth-order valence-corrected chi connectivity index (χ4v) is 1.68. The van der Waals surface area contributed by atoms with Crippen molar-refractivity contribution in [3.63, 3.8) is 0 Å². The highest BCUT2D eigenvalue weighted by atomic mass is 16.3. The molecule has 1 N–H and O–H groups in total. The van der Waals surface area contributed by atoms with E-state index in [9.17, 15) is 0 Å². The molecule has 0 amide bonds. The Bertz CT molecular complexity index is 331. The van der Waals surface area contributed by atoms with Gasteiger partial charge in [-0.15, -0.1) is 6.42 Å². The van der Waals surface area contributed by atoms with Gasteiger partial charge in [0.25, 0.3) is 0 Å². The second-order valence-corrected chi connectivity index (χ2v) is 3.55. The molecule has 2 rings (SSSR count). The maximum Gasteiger partial charge on any atom is 0.0465 e. The Balaban J connectivity index is 2.12. The zero-order valence-electron chi connectivity index (χ0n) is 7.40. The summed E-state index contributed by atoms with van der Waals surface area (Å²) in [7, 11) is 0. The van der Waals surface area contributed by atoms with Crippen LogP contribution in [0.15, 0.2) is 24.3 Å². The van der Waals surface area contributed by atoms with Gasteiger partial charge < -0.3 is 5.11 Å². The van der Waals surface area contributed by atoms with E-state index in [1.165, 1.54) is 5.56 Å². The van der Waals surface area contributed by atoms with Crippen LogP contribution in [0.4, 0.5) is 0 Å². The van der Waals surface area contributed by atoms with Crippen LogP contribution in [0, 0.1) is 18.3 Å². The molecule has 2 atom stereocenters. The number of hydrogen-bond donors (Lipinski definition) is 1. The molecule has 13 heavy (non-hydrogen) atoms. The minimum atomic E-state index is 0.307. The molecule has 0 radical (unpaired) electrons. The molecule has 1 heteroatoms. The standard InChI is InChI=1S/C12H12O/c1-2-9-3-5-10(6-4-9)12-7-11(12)8-13/h1,3-6,11-13H,7-8H2/t11-,12-/m0/s1. The first-order valence-electron chi connectivity index (χ1n) is 4.52. The summed E-state index contributed by atoms with van der Waals surface area (Å²) in [5, 5.41) is 8.91. The Morgan fingerprint density at radius 3 is 2.54 bits per heavy atom. The summed E-state index contributed by atoms with van der Waals surface area (Å²) < 4.78 is 0. The van der Waals surface area contributed by atoms with Crippen molar-refractivity contribution in [3.05, 3.63) is 35.4 Å². The first-order valence-corrected chi connectivity index (χ1v) is 4.52. The maximum absolute atomic E-state index is 8.91. The van der Waals surface area contributed by atoms with Crippen LogP contribution >= 0.6 is 0 Å². The first-order chi connectivity index (χ1) is 6.35. The summed E-state index contributed by atoms with van der Waals surface area (Å²) in [5.74, 6) is 3.64. The highest BCUT2D eigenvalue weighted by Crippen LogP contribution is 2.46. The van der Waals surface area contributed by atoms with E-state index < -0.39 is 0 Å². The van der Waals surface area contributed by atoms with Gasteiger partial charge in [-0.3, -0.25) is 0 Å². The second-order valence-electron chi connectivity index (χ2n) is 3.55. The molecule has 0 heterocycles. The van der Waals surface area contributed by atoms with E-state index in [2.05, 4.69) is 18.1 Å². The third-order valence-corrected chi connectivity index (χ3v) is 2.66. The molecule has 0 spiro atoms. The quantitative estimate of drug-likeness (QED) is 0.674. The number of aliphatic hydroxyl groups excluding tert-OH is 1. The minimum Gasteiger partial charge on any atom is -0.396 e. The van der Waals surface area contributed by atoms with E-state index >= 15 is 0 Å². The lowest BCUT2D eigenvalue weighted by molar-refractivity contribution is 0.274. The molecule has 1 saturated carbocycles. The Kier molecular flexibility index (Phi) is 2.08. The molecule has 1 nitrogen and oxygen atoms in total. The first kappa shape index (κ1) is 8.34. The van der Waals surface area contributed by atoms with Gasteiger partial charge >= 0.3 is 0 Å². The van der Waals surface area contributed by atoms with Gasteiger partial charge in [-0.25, -0.2) is 0 Å². The van der Waals surface area contributed by atoms with Gasteiger partial charge in [-0.05, 0) is 36.0 Å². The van der Waals surface area contributed by atoms with Crippen molar-refractivity contribution in [1.29, 1.82) is 0 Å². The van der Waals surface area contributed by atoms with E-state index in [1.807, 2.05) is 12.1 Å². The van der Waals surface area contributed by atoms with Crippen molar-refractivity contribution < 1.29 is 5.11 Å². The largest absolute Gasteiger partial charge is 0.396 e. The fraction of sp³-hybridized carbons (Fsp3) is 0.333. The molecular formula is C12H12O. The van der Waals surface area contributed by atoms with Crippen LogP contribution in [0.25, 0.3) is 0 Å². The van der Waals surface area contributed by atoms with Gasteiger partial charge in [-0.1, -0.05) is 18.1 Å². The average molecular weight is 172 g/mol. The molecule has 66 valence electrons. The molecule has 1 fully saturated rings. The summed E-state index contributed by atoms with van der Waals surface area (Å²) in [6.07, 6.45) is 6.37. The van der Waals surface area contributed by atoms with Gasteiger partial charge in [0.2, 0.25) is 0 Å². The number of hydrogen-bond acceptors (Lipinski definition) is 1. The molecule has 0 aliphatic heterocycles. The lowest BCUT2D eigenvalue weighted by Gasteiger charge is -1.98. The van der Waals surface area contributed by atoms with Crippen molar-refractivity contribution in [2.45, 2.75) is 12.3 Å². The van der Waals surface area contributed by atoms with Crippen LogP contribution < -0.4 is 0 Å². The molecule has 1 aliphatic rings. The summed E-state index contributed by atoms with van der Waals surface area (Å²) >= 11 is 0. The predicted molar refractivity (Wildman–Crippen MR) is 52.3 cm³/mol. The van der Waals surface area contributed by atoms with Crippen LogP contribution in [0.3, 0.4) is 0 Å². The molecular weight excluding hydrogens is 160 g/mol. The van der Waals surface area contributed by atoms with Gasteiger partial charge in [0, 0.05) is 12.2 Å². The lowest BCUT2D eigenvalue weighted by Crippen LogP contribution is -1.88. The van der Waals surface area contributed by atoms with E-state index in [0.717, 1.165) is 12.0 Å². The second kappa shape index (κ2) is 3.24. The third kappa shape index (κ3) is 1.59. The van der Waals surface area contributed by atoms with Crippen LogP contribution in [0.5, 0.6) is 0 Å². The van der Waals surface area contributed by atoms with E-state index in [4.69, 9.17) is 11.5 Å². The molecule has 0 unspecified atom stereocenters. The van der Waals surface area contributed by atoms with E-state index in [0.29, 0.717) is 18.4 Å². The number of rotatable bonds is 2. The third-order valence-electron chi connectivity index (χ3n) is 2.66. The summed E-state index contributed by atoms with van der Waals surface area (Å²) in [4.78, 5) is 0. The summed E-state index contributed by atoms with van der Waals surface area (Å²) in [5.41, 5.74) is 2.22. The normalized spacial score (nSPS) is 25.2. The van der Waals surface area contributed by atoms with E-state index in [-0.39, 0.29) is 0 Å². The van der Waals surface area contributed by atoms with Crippen molar-refractivity contribution in [1.82, 2.24) is 0 Å². The summed E-state index contributed by atoms with van der Waals surface area (Å²) in [6, 6.07) is 8.05. The Morgan fingerprint density at radius 1 is 1.38 bits per heavy atom. The Morgan fingerprint density at radius 2 is 2.08 bits per heavy atom. The van der Waals surface area contributed by atoms with Crippen LogP contribution in [0.1, 0.15) is 23.5 Å². The molecule has 0 saturated heterocycles. The fourth-order valence-electron chi connectivity index (χ4n) is 1.68. The lowest BCUT2D eigenvalue weighted by atomic mass is 10.1. The molecule has 1 aromatic carbocycles. The van der Waals surface area contributed by atoms with Crippen LogP contribution in [0.2, 0.25) is 0 Å². The predicted octanol–water partition coefficient (Wildman–Crippen LogP) is 1.76. The average Bonchev–Trinajstić information content (AvgIpc) is 2.97. The van der Waals surface area contributed by atoms with E-state index in [1.54, 1.807) is 0 Å². The molecule has 0 bridgehead atoms. The van der Waals surface area contributed by atoms with Crippen molar-refractivity contribution in [2.75, 3.05) is 6.61 Å². The smallest absolute Gasteiger partial charge is 0.0465 e. The van der Waals surface area contributed by atoms with Crippen LogP contribution in [-0.2, 0) is 0 Å². The SMILES string of the molecule is C#Cc1ccc([C@@H]2C[C@H]2CO)cc1. The van der Waals surface area contributed by atoms with Crippen LogP contribution in [-0.4, -0.2) is 11.7 Å². The topological polar surface area (TPSA) is 20.2 Å². The maximum atomic E-state index is 8.91. The number of benzene rings is 1. The molecule has 0 aromatic heterocycles. The van der Waals surface area contributed by atoms with Gasteiger partial charge in [0.05, 0.1) is 0 Å². The highest BCUT2D eigenvalue weighted by molar-refractivity contribution is 5.36. The Labute approximate surface area is 78.4 Å². The molecule has 1 aliphatic carbocycles. The monoisotopic (exact) mass is 172 g/mol. The highest BCUT2D eigenvalue weighted by Gasteiger charge is 2.37. The summed E-state index contributed by atoms with van der Waals surface area (Å²) in [6.45, 7) is 0.307. The van der Waals surface area contributed by atoms with Gasteiger partial charge in [-0.2, -0.15) is 0 Å². The Hall–Kier alpha value is -1.26. The van der Waals surface area contributed by atoms with Gasteiger partial charge in [0.1, 0.15) is 0 Å². The van der Waals surface area contributed by atoms with Gasteiger partial charge in [0.15, 0.2) is 0 Å².